The minimum Gasteiger partial charge on any atom is -0.369 e. The molecule has 1 atom stereocenters. The highest BCUT2D eigenvalue weighted by Crippen LogP contribution is 2.35. The van der Waals surface area contributed by atoms with E-state index in [2.05, 4.69) is 52.4 Å². The Hall–Kier alpha value is -2.33. The molecule has 2 aromatic carbocycles. The van der Waals surface area contributed by atoms with Crippen LogP contribution < -0.4 is 10.2 Å². The highest BCUT2D eigenvalue weighted by atomic mass is 16.2. The second-order valence-corrected chi connectivity index (χ2v) is 7.79. The summed E-state index contributed by atoms with van der Waals surface area (Å²) < 4.78 is 0. The lowest BCUT2D eigenvalue weighted by molar-refractivity contribution is -0.117. The van der Waals surface area contributed by atoms with Gasteiger partial charge in [0.1, 0.15) is 0 Å². The van der Waals surface area contributed by atoms with Crippen LogP contribution in [-0.4, -0.2) is 43.5 Å². The number of rotatable bonds is 6. The number of hydrogen-bond acceptors (Lipinski definition) is 3. The number of piperazine rings is 1. The lowest BCUT2D eigenvalue weighted by Gasteiger charge is -2.36. The Labute approximate surface area is 162 Å². The quantitative estimate of drug-likeness (QED) is 0.787. The van der Waals surface area contributed by atoms with Gasteiger partial charge in [0.15, 0.2) is 0 Å². The first-order valence-corrected chi connectivity index (χ1v) is 10.1. The van der Waals surface area contributed by atoms with E-state index in [9.17, 15) is 4.79 Å². The van der Waals surface area contributed by atoms with Gasteiger partial charge in [-0.05, 0) is 50.1 Å². The largest absolute Gasteiger partial charge is 0.369 e. The molecule has 2 heterocycles. The SMILES string of the molecule is Cc1ccc(N2CCN(CCCCC3C(=O)Nc4ccccc43)CC2)cc1. The Bertz CT molecular complexity index is 778. The maximum absolute atomic E-state index is 12.2. The van der Waals surface area contributed by atoms with Gasteiger partial charge in [-0.15, -0.1) is 0 Å². The first-order valence-electron chi connectivity index (χ1n) is 10.1. The van der Waals surface area contributed by atoms with Crippen LogP contribution in [-0.2, 0) is 4.79 Å². The second-order valence-electron chi connectivity index (χ2n) is 7.79. The molecule has 4 nitrogen and oxygen atoms in total. The zero-order valence-corrected chi connectivity index (χ0v) is 16.2. The monoisotopic (exact) mass is 363 g/mol. The second kappa shape index (κ2) is 8.13. The van der Waals surface area contributed by atoms with Crippen LogP contribution in [0.5, 0.6) is 0 Å². The summed E-state index contributed by atoms with van der Waals surface area (Å²) in [6, 6.07) is 16.9. The van der Waals surface area contributed by atoms with Crippen molar-refractivity contribution < 1.29 is 4.79 Å². The van der Waals surface area contributed by atoms with Gasteiger partial charge in [-0.3, -0.25) is 9.69 Å². The average molecular weight is 364 g/mol. The maximum Gasteiger partial charge on any atom is 0.232 e. The van der Waals surface area contributed by atoms with Crippen LogP contribution in [0.25, 0.3) is 0 Å². The van der Waals surface area contributed by atoms with Gasteiger partial charge in [0, 0.05) is 37.6 Å². The Kier molecular flexibility index (Phi) is 5.44. The molecule has 0 spiro atoms. The topological polar surface area (TPSA) is 35.6 Å². The molecule has 1 unspecified atom stereocenters. The van der Waals surface area contributed by atoms with Gasteiger partial charge in [0.25, 0.3) is 0 Å². The lowest BCUT2D eigenvalue weighted by Crippen LogP contribution is -2.46. The molecule has 142 valence electrons. The van der Waals surface area contributed by atoms with E-state index in [0.29, 0.717) is 0 Å². The molecule has 1 N–H and O–H groups in total. The molecule has 0 aliphatic carbocycles. The van der Waals surface area contributed by atoms with Crippen LogP contribution in [0.2, 0.25) is 0 Å². The lowest BCUT2D eigenvalue weighted by atomic mass is 9.95. The fourth-order valence-electron chi connectivity index (χ4n) is 4.23. The van der Waals surface area contributed by atoms with Gasteiger partial charge in [0.2, 0.25) is 5.91 Å². The summed E-state index contributed by atoms with van der Waals surface area (Å²) in [5.41, 5.74) is 4.83. The number of carbonyl (C=O) groups is 1. The summed E-state index contributed by atoms with van der Waals surface area (Å²) in [7, 11) is 0. The number of hydrogen-bond donors (Lipinski definition) is 1. The fourth-order valence-corrected chi connectivity index (χ4v) is 4.23. The fraction of sp³-hybridized carbons (Fsp3) is 0.435. The summed E-state index contributed by atoms with van der Waals surface area (Å²) >= 11 is 0. The van der Waals surface area contributed by atoms with Gasteiger partial charge in [-0.25, -0.2) is 0 Å². The molecule has 2 aliphatic rings. The third kappa shape index (κ3) is 4.16. The summed E-state index contributed by atoms with van der Waals surface area (Å²) in [5.74, 6) is 0.211. The molecule has 1 fully saturated rings. The first-order chi connectivity index (χ1) is 13.2. The van der Waals surface area contributed by atoms with Crippen LogP contribution >= 0.6 is 0 Å². The van der Waals surface area contributed by atoms with Gasteiger partial charge in [-0.1, -0.05) is 42.3 Å². The smallest absolute Gasteiger partial charge is 0.232 e. The minimum atomic E-state index is 0.0413. The van der Waals surface area contributed by atoms with Crippen LogP contribution in [0.4, 0.5) is 11.4 Å². The van der Waals surface area contributed by atoms with Gasteiger partial charge < -0.3 is 10.2 Å². The van der Waals surface area contributed by atoms with Crippen LogP contribution in [0.3, 0.4) is 0 Å². The molecule has 1 saturated heterocycles. The van der Waals surface area contributed by atoms with Crippen molar-refractivity contribution in [3.8, 4) is 0 Å². The van der Waals surface area contributed by atoms with Crippen molar-refractivity contribution in [2.24, 2.45) is 0 Å². The Morgan fingerprint density at radius 3 is 2.48 bits per heavy atom. The highest BCUT2D eigenvalue weighted by Gasteiger charge is 2.29. The molecule has 2 aliphatic heterocycles. The predicted molar refractivity (Wildman–Crippen MR) is 111 cm³/mol. The number of fused-ring (bicyclic) bond motifs is 1. The number of anilines is 2. The summed E-state index contributed by atoms with van der Waals surface area (Å²) in [6.07, 6.45) is 3.22. The number of unbranched alkanes of at least 4 members (excludes halogenated alkanes) is 1. The van der Waals surface area contributed by atoms with Crippen molar-refractivity contribution in [3.05, 3.63) is 59.7 Å². The van der Waals surface area contributed by atoms with Gasteiger partial charge >= 0.3 is 0 Å². The number of carbonyl (C=O) groups excluding carboxylic acids is 1. The molecule has 0 radical (unpaired) electrons. The molecule has 27 heavy (non-hydrogen) atoms. The summed E-state index contributed by atoms with van der Waals surface area (Å²) in [4.78, 5) is 17.2. The molecule has 0 aromatic heterocycles. The van der Waals surface area contributed by atoms with Crippen molar-refractivity contribution in [1.29, 1.82) is 0 Å². The third-order valence-electron chi connectivity index (χ3n) is 5.90. The number of amides is 1. The normalized spacial score (nSPS) is 19.8. The third-order valence-corrected chi connectivity index (χ3v) is 5.90. The molecule has 0 saturated carbocycles. The Morgan fingerprint density at radius 2 is 1.70 bits per heavy atom. The van der Waals surface area contributed by atoms with E-state index in [1.165, 1.54) is 16.8 Å². The molecular formula is C23H29N3O. The number of benzene rings is 2. The van der Waals surface area contributed by atoms with E-state index in [1.54, 1.807) is 0 Å². The Balaban J connectivity index is 1.19. The van der Waals surface area contributed by atoms with E-state index in [0.717, 1.165) is 57.7 Å². The highest BCUT2D eigenvalue weighted by molar-refractivity contribution is 6.02. The molecule has 1 amide bonds. The number of nitrogens with one attached hydrogen (secondary N) is 1. The first kappa shape index (κ1) is 18.1. The summed E-state index contributed by atoms with van der Waals surface area (Å²) in [6.45, 7) is 7.72. The van der Waals surface area contributed by atoms with E-state index in [4.69, 9.17) is 0 Å². The molecule has 4 heteroatoms. The van der Waals surface area contributed by atoms with E-state index in [-0.39, 0.29) is 11.8 Å². The zero-order chi connectivity index (χ0) is 18.6. The molecule has 0 bridgehead atoms. The Morgan fingerprint density at radius 1 is 0.963 bits per heavy atom. The number of aryl methyl sites for hydroxylation is 1. The van der Waals surface area contributed by atoms with Crippen LogP contribution in [0.15, 0.2) is 48.5 Å². The predicted octanol–water partition coefficient (Wildman–Crippen LogP) is 4.02. The van der Waals surface area contributed by atoms with Crippen molar-refractivity contribution in [3.63, 3.8) is 0 Å². The van der Waals surface area contributed by atoms with Crippen molar-refractivity contribution >= 4 is 17.3 Å². The van der Waals surface area contributed by atoms with E-state index < -0.39 is 0 Å². The van der Waals surface area contributed by atoms with Crippen molar-refractivity contribution in [1.82, 2.24) is 4.90 Å². The van der Waals surface area contributed by atoms with Crippen molar-refractivity contribution in [2.45, 2.75) is 32.1 Å². The van der Waals surface area contributed by atoms with Crippen LogP contribution in [0, 0.1) is 6.92 Å². The van der Waals surface area contributed by atoms with Gasteiger partial charge in [0.05, 0.1) is 5.92 Å². The number of nitrogens with zero attached hydrogens (tertiary/aromatic N) is 2. The van der Waals surface area contributed by atoms with Crippen molar-refractivity contribution in [2.75, 3.05) is 42.9 Å². The summed E-state index contributed by atoms with van der Waals surface area (Å²) in [5, 5.41) is 3.01. The molecular weight excluding hydrogens is 334 g/mol. The van der Waals surface area contributed by atoms with Gasteiger partial charge in [-0.2, -0.15) is 0 Å². The van der Waals surface area contributed by atoms with E-state index >= 15 is 0 Å². The standard InChI is InChI=1S/C23H29N3O/c1-18-9-11-19(12-10-18)26-16-14-25(15-17-26)13-5-4-7-21-20-6-2-3-8-22(20)24-23(21)27/h2-3,6,8-12,21H,4-5,7,13-17H2,1H3,(H,24,27). The van der Waals surface area contributed by atoms with E-state index in [1.807, 2.05) is 18.2 Å². The van der Waals surface area contributed by atoms with Crippen LogP contribution in [0.1, 0.15) is 36.3 Å². The maximum atomic E-state index is 12.2. The average Bonchev–Trinajstić information content (AvgIpc) is 3.02. The minimum absolute atomic E-state index is 0.0413. The number of para-hydroxylation sites is 1. The zero-order valence-electron chi connectivity index (χ0n) is 16.2. The molecule has 2 aromatic rings. The molecule has 4 rings (SSSR count).